The van der Waals surface area contributed by atoms with Crippen molar-refractivity contribution in [3.8, 4) is 5.75 Å². The average molecular weight is 324 g/mol. The van der Waals surface area contributed by atoms with Crippen LogP contribution in [-0.4, -0.2) is 11.7 Å². The van der Waals surface area contributed by atoms with E-state index in [0.29, 0.717) is 27.9 Å². The number of nitrogens with zero attached hydrogens (tertiary/aromatic N) is 1. The molecule has 1 heterocycles. The zero-order valence-corrected chi connectivity index (χ0v) is 12.7. The van der Waals surface area contributed by atoms with E-state index in [1.807, 2.05) is 22.9 Å². The standard InChI is InChI=1S/C16H12Cl2FNO/c1-21-12-3-2-10(15(19)8-12)9-20-5-4-13-14(18)6-11(17)7-16(13)20/h2-8H,9H2,1H3. The summed E-state index contributed by atoms with van der Waals surface area (Å²) in [6.07, 6.45) is 1.87. The van der Waals surface area contributed by atoms with Crippen molar-refractivity contribution in [2.75, 3.05) is 7.11 Å². The quantitative estimate of drug-likeness (QED) is 0.650. The van der Waals surface area contributed by atoms with Crippen LogP contribution in [0.25, 0.3) is 10.9 Å². The lowest BCUT2D eigenvalue weighted by Crippen LogP contribution is -2.01. The molecule has 0 unspecified atom stereocenters. The van der Waals surface area contributed by atoms with E-state index in [0.717, 1.165) is 10.9 Å². The van der Waals surface area contributed by atoms with Gasteiger partial charge in [-0.1, -0.05) is 29.3 Å². The first-order valence-corrected chi connectivity index (χ1v) is 7.10. The molecule has 2 aromatic carbocycles. The lowest BCUT2D eigenvalue weighted by Gasteiger charge is -2.09. The van der Waals surface area contributed by atoms with E-state index in [2.05, 4.69) is 0 Å². The van der Waals surface area contributed by atoms with Crippen molar-refractivity contribution in [3.63, 3.8) is 0 Å². The van der Waals surface area contributed by atoms with E-state index in [9.17, 15) is 4.39 Å². The lowest BCUT2D eigenvalue weighted by atomic mass is 10.2. The summed E-state index contributed by atoms with van der Waals surface area (Å²) in [6, 6.07) is 10.3. The van der Waals surface area contributed by atoms with Gasteiger partial charge in [0.05, 0.1) is 24.2 Å². The maximum Gasteiger partial charge on any atom is 0.131 e. The lowest BCUT2D eigenvalue weighted by molar-refractivity contribution is 0.410. The summed E-state index contributed by atoms with van der Waals surface area (Å²) in [5.41, 5.74) is 1.45. The van der Waals surface area contributed by atoms with Gasteiger partial charge in [0.25, 0.3) is 0 Å². The topological polar surface area (TPSA) is 14.2 Å². The minimum atomic E-state index is -0.302. The molecule has 0 spiro atoms. The summed E-state index contributed by atoms with van der Waals surface area (Å²) in [5, 5.41) is 2.05. The van der Waals surface area contributed by atoms with Gasteiger partial charge in [-0.2, -0.15) is 0 Å². The Labute approximate surface area is 131 Å². The first-order valence-electron chi connectivity index (χ1n) is 6.35. The van der Waals surface area contributed by atoms with Crippen molar-refractivity contribution in [2.24, 2.45) is 0 Å². The molecule has 0 fully saturated rings. The van der Waals surface area contributed by atoms with E-state index in [-0.39, 0.29) is 5.82 Å². The first kappa shape index (κ1) is 14.2. The Morgan fingerprint density at radius 2 is 1.95 bits per heavy atom. The number of hydrogen-bond acceptors (Lipinski definition) is 1. The molecule has 2 nitrogen and oxygen atoms in total. The summed E-state index contributed by atoms with van der Waals surface area (Å²) in [5.74, 6) is 0.198. The van der Waals surface area contributed by atoms with Crippen molar-refractivity contribution in [1.29, 1.82) is 0 Å². The third-order valence-electron chi connectivity index (χ3n) is 3.40. The van der Waals surface area contributed by atoms with Crippen molar-refractivity contribution in [2.45, 2.75) is 6.54 Å². The number of rotatable bonds is 3. The van der Waals surface area contributed by atoms with Crippen LogP contribution >= 0.6 is 23.2 Å². The number of benzene rings is 2. The molecule has 0 amide bonds. The van der Waals surface area contributed by atoms with Crippen LogP contribution in [0.3, 0.4) is 0 Å². The number of halogens is 3. The number of aromatic nitrogens is 1. The maximum atomic E-state index is 14.0. The smallest absolute Gasteiger partial charge is 0.131 e. The van der Waals surface area contributed by atoms with Gasteiger partial charge in [-0.25, -0.2) is 4.39 Å². The van der Waals surface area contributed by atoms with Crippen LogP contribution in [-0.2, 0) is 6.54 Å². The third kappa shape index (κ3) is 2.71. The molecule has 0 aliphatic rings. The van der Waals surface area contributed by atoms with Gasteiger partial charge in [0.1, 0.15) is 11.6 Å². The summed E-state index contributed by atoms with van der Waals surface area (Å²) in [4.78, 5) is 0. The van der Waals surface area contributed by atoms with Gasteiger partial charge in [0.15, 0.2) is 0 Å². The van der Waals surface area contributed by atoms with Gasteiger partial charge in [0, 0.05) is 28.2 Å². The van der Waals surface area contributed by atoms with Crippen LogP contribution in [0.4, 0.5) is 4.39 Å². The molecular weight excluding hydrogens is 312 g/mol. The molecule has 0 N–H and O–H groups in total. The monoisotopic (exact) mass is 323 g/mol. The molecule has 0 bridgehead atoms. The highest BCUT2D eigenvalue weighted by atomic mass is 35.5. The fourth-order valence-electron chi connectivity index (χ4n) is 2.32. The van der Waals surface area contributed by atoms with Gasteiger partial charge in [-0.15, -0.1) is 0 Å². The molecule has 0 saturated heterocycles. The highest BCUT2D eigenvalue weighted by molar-refractivity contribution is 6.38. The van der Waals surface area contributed by atoms with Crippen LogP contribution in [0.1, 0.15) is 5.56 Å². The minimum Gasteiger partial charge on any atom is -0.497 e. The normalized spacial score (nSPS) is 11.0. The van der Waals surface area contributed by atoms with Crippen molar-refractivity contribution >= 4 is 34.1 Å². The Kier molecular flexibility index (Phi) is 3.79. The Morgan fingerprint density at radius 3 is 2.67 bits per heavy atom. The van der Waals surface area contributed by atoms with E-state index in [1.54, 1.807) is 18.2 Å². The van der Waals surface area contributed by atoms with Gasteiger partial charge in [-0.3, -0.25) is 0 Å². The number of ether oxygens (including phenoxy) is 1. The first-order chi connectivity index (χ1) is 10.1. The Bertz CT molecular complexity index is 813. The van der Waals surface area contributed by atoms with Crippen LogP contribution in [0, 0.1) is 5.82 Å². The van der Waals surface area contributed by atoms with Gasteiger partial charge in [0.2, 0.25) is 0 Å². The van der Waals surface area contributed by atoms with E-state index < -0.39 is 0 Å². The molecule has 108 valence electrons. The number of methoxy groups -OCH3 is 1. The molecule has 0 aliphatic carbocycles. The Balaban J connectivity index is 2.02. The zero-order valence-electron chi connectivity index (χ0n) is 11.2. The van der Waals surface area contributed by atoms with Gasteiger partial charge < -0.3 is 9.30 Å². The molecule has 0 saturated carbocycles. The predicted octanol–water partition coefficient (Wildman–Crippen LogP) is 5.14. The van der Waals surface area contributed by atoms with Gasteiger partial charge >= 0.3 is 0 Å². The second-order valence-corrected chi connectivity index (χ2v) is 5.57. The van der Waals surface area contributed by atoms with Gasteiger partial charge in [-0.05, 0) is 24.3 Å². The molecule has 5 heteroatoms. The molecule has 21 heavy (non-hydrogen) atoms. The molecule has 3 rings (SSSR count). The fraction of sp³-hybridized carbons (Fsp3) is 0.125. The summed E-state index contributed by atoms with van der Waals surface area (Å²) >= 11 is 12.2. The van der Waals surface area contributed by atoms with Crippen molar-refractivity contribution < 1.29 is 9.13 Å². The molecule has 0 atom stereocenters. The van der Waals surface area contributed by atoms with Crippen molar-refractivity contribution in [3.05, 3.63) is 64.0 Å². The summed E-state index contributed by atoms with van der Waals surface area (Å²) in [7, 11) is 1.51. The van der Waals surface area contributed by atoms with Crippen LogP contribution in [0.2, 0.25) is 10.0 Å². The fourth-order valence-corrected chi connectivity index (χ4v) is 2.87. The number of hydrogen-bond donors (Lipinski definition) is 0. The summed E-state index contributed by atoms with van der Waals surface area (Å²) < 4.78 is 21.0. The van der Waals surface area contributed by atoms with Crippen LogP contribution < -0.4 is 4.74 Å². The SMILES string of the molecule is COc1ccc(Cn2ccc3c(Cl)cc(Cl)cc32)c(F)c1. The Hall–Kier alpha value is -1.71. The van der Waals surface area contributed by atoms with E-state index in [1.165, 1.54) is 13.2 Å². The largest absolute Gasteiger partial charge is 0.497 e. The molecular formula is C16H12Cl2FNO. The zero-order chi connectivity index (χ0) is 15.0. The molecule has 3 aromatic rings. The van der Waals surface area contributed by atoms with Crippen LogP contribution in [0.5, 0.6) is 5.75 Å². The highest BCUT2D eigenvalue weighted by Crippen LogP contribution is 2.29. The maximum absolute atomic E-state index is 14.0. The second kappa shape index (κ2) is 5.58. The Morgan fingerprint density at radius 1 is 1.14 bits per heavy atom. The third-order valence-corrected chi connectivity index (χ3v) is 3.93. The molecule has 0 radical (unpaired) electrons. The highest BCUT2D eigenvalue weighted by Gasteiger charge is 2.09. The molecule has 0 aliphatic heterocycles. The second-order valence-electron chi connectivity index (χ2n) is 4.72. The average Bonchev–Trinajstić information content (AvgIpc) is 2.84. The summed E-state index contributed by atoms with van der Waals surface area (Å²) in [6.45, 7) is 0.399. The minimum absolute atomic E-state index is 0.302. The predicted molar refractivity (Wildman–Crippen MR) is 84.0 cm³/mol. The van der Waals surface area contributed by atoms with E-state index >= 15 is 0 Å². The van der Waals surface area contributed by atoms with E-state index in [4.69, 9.17) is 27.9 Å². The number of fused-ring (bicyclic) bond motifs is 1. The van der Waals surface area contributed by atoms with Crippen molar-refractivity contribution in [1.82, 2.24) is 4.57 Å². The molecule has 1 aromatic heterocycles. The van der Waals surface area contributed by atoms with Crippen LogP contribution in [0.15, 0.2) is 42.6 Å².